The minimum atomic E-state index is -0.949. The molecule has 1 amide bonds. The SMILES string of the molecule is CC(=O)N1CCC(Cc2nc(C)cc(-c3cccc(C(=O)O)c3)n2)CC1. The molecule has 1 aromatic heterocycles. The number of hydrogen-bond donors (Lipinski definition) is 1. The third-order valence-electron chi connectivity index (χ3n) is 4.84. The van der Waals surface area contributed by atoms with Gasteiger partial charge in [-0.3, -0.25) is 4.79 Å². The van der Waals surface area contributed by atoms with Crippen LogP contribution in [0.2, 0.25) is 0 Å². The summed E-state index contributed by atoms with van der Waals surface area (Å²) in [6.45, 7) is 5.12. The number of carbonyl (C=O) groups is 2. The molecule has 6 nitrogen and oxygen atoms in total. The second kappa shape index (κ2) is 7.64. The van der Waals surface area contributed by atoms with E-state index in [1.807, 2.05) is 24.0 Å². The molecule has 3 rings (SSSR count). The first kappa shape index (κ1) is 18.0. The number of aryl methyl sites for hydroxylation is 1. The van der Waals surface area contributed by atoms with Crippen LogP contribution in [-0.2, 0) is 11.2 Å². The van der Waals surface area contributed by atoms with Crippen molar-refractivity contribution in [3.8, 4) is 11.3 Å². The molecular weight excluding hydrogens is 330 g/mol. The Bertz CT molecular complexity index is 827. The number of likely N-dealkylation sites (tertiary alicyclic amines) is 1. The molecule has 1 saturated heterocycles. The zero-order valence-electron chi connectivity index (χ0n) is 15.1. The summed E-state index contributed by atoms with van der Waals surface area (Å²) in [5, 5.41) is 9.18. The van der Waals surface area contributed by atoms with Crippen LogP contribution in [0.15, 0.2) is 30.3 Å². The van der Waals surface area contributed by atoms with Gasteiger partial charge in [-0.1, -0.05) is 12.1 Å². The lowest BCUT2D eigenvalue weighted by Gasteiger charge is -2.31. The van der Waals surface area contributed by atoms with Crippen LogP contribution in [0.25, 0.3) is 11.3 Å². The van der Waals surface area contributed by atoms with E-state index in [0.717, 1.165) is 55.1 Å². The summed E-state index contributed by atoms with van der Waals surface area (Å²) in [5.41, 5.74) is 2.64. The molecule has 0 unspecified atom stereocenters. The summed E-state index contributed by atoms with van der Waals surface area (Å²) >= 11 is 0. The van der Waals surface area contributed by atoms with Gasteiger partial charge in [-0.05, 0) is 43.9 Å². The highest BCUT2D eigenvalue weighted by Gasteiger charge is 2.22. The maximum absolute atomic E-state index is 11.4. The van der Waals surface area contributed by atoms with E-state index in [1.165, 1.54) is 0 Å². The minimum absolute atomic E-state index is 0.135. The van der Waals surface area contributed by atoms with E-state index in [-0.39, 0.29) is 11.5 Å². The number of carbonyl (C=O) groups excluding carboxylic acids is 1. The summed E-state index contributed by atoms with van der Waals surface area (Å²) in [4.78, 5) is 33.7. The van der Waals surface area contributed by atoms with E-state index in [9.17, 15) is 14.7 Å². The first-order chi connectivity index (χ1) is 12.4. The summed E-state index contributed by atoms with van der Waals surface area (Å²) in [6.07, 6.45) is 2.69. The van der Waals surface area contributed by atoms with Crippen LogP contribution < -0.4 is 0 Å². The average molecular weight is 353 g/mol. The molecule has 0 bridgehead atoms. The Labute approximate surface area is 152 Å². The van der Waals surface area contributed by atoms with Crippen LogP contribution in [0.3, 0.4) is 0 Å². The molecule has 136 valence electrons. The molecule has 2 aromatic rings. The fourth-order valence-corrected chi connectivity index (χ4v) is 3.39. The standard InChI is InChI=1S/C20H23N3O3/c1-13-10-18(16-4-3-5-17(12-16)20(25)26)22-19(21-13)11-15-6-8-23(9-7-15)14(2)24/h3-5,10,12,15H,6-9,11H2,1-2H3,(H,25,26). The number of carboxylic acid groups (broad SMARTS) is 1. The largest absolute Gasteiger partial charge is 0.478 e. The third kappa shape index (κ3) is 4.25. The van der Waals surface area contributed by atoms with E-state index < -0.39 is 5.97 Å². The Kier molecular flexibility index (Phi) is 5.30. The minimum Gasteiger partial charge on any atom is -0.478 e. The summed E-state index contributed by atoms with van der Waals surface area (Å²) in [5.74, 6) is 0.429. The van der Waals surface area contributed by atoms with Crippen molar-refractivity contribution in [1.82, 2.24) is 14.9 Å². The predicted octanol–water partition coefficient (Wildman–Crippen LogP) is 2.95. The maximum atomic E-state index is 11.4. The van der Waals surface area contributed by atoms with E-state index >= 15 is 0 Å². The Morgan fingerprint density at radius 1 is 1.19 bits per heavy atom. The molecule has 1 N–H and O–H groups in total. The van der Waals surface area contributed by atoms with Gasteiger partial charge in [0.15, 0.2) is 0 Å². The number of aromatic carboxylic acids is 1. The summed E-state index contributed by atoms with van der Waals surface area (Å²) < 4.78 is 0. The molecule has 0 saturated carbocycles. The quantitative estimate of drug-likeness (QED) is 0.914. The van der Waals surface area contributed by atoms with Gasteiger partial charge in [0.05, 0.1) is 11.3 Å². The van der Waals surface area contributed by atoms with Crippen molar-refractivity contribution >= 4 is 11.9 Å². The summed E-state index contributed by atoms with van der Waals surface area (Å²) in [6, 6.07) is 8.68. The highest BCUT2D eigenvalue weighted by atomic mass is 16.4. The van der Waals surface area contributed by atoms with Crippen LogP contribution >= 0.6 is 0 Å². The van der Waals surface area contributed by atoms with Crippen molar-refractivity contribution in [2.45, 2.75) is 33.1 Å². The number of rotatable bonds is 4. The van der Waals surface area contributed by atoms with Crippen LogP contribution in [0.5, 0.6) is 0 Å². The molecule has 2 heterocycles. The Morgan fingerprint density at radius 2 is 1.92 bits per heavy atom. The van der Waals surface area contributed by atoms with E-state index in [1.54, 1.807) is 25.1 Å². The highest BCUT2D eigenvalue weighted by Crippen LogP contribution is 2.23. The van der Waals surface area contributed by atoms with Crippen molar-refractivity contribution < 1.29 is 14.7 Å². The predicted molar refractivity (Wildman–Crippen MR) is 97.8 cm³/mol. The molecule has 0 spiro atoms. The third-order valence-corrected chi connectivity index (χ3v) is 4.84. The van der Waals surface area contributed by atoms with Crippen LogP contribution in [0.4, 0.5) is 0 Å². The average Bonchev–Trinajstić information content (AvgIpc) is 2.62. The molecule has 6 heteroatoms. The number of hydrogen-bond acceptors (Lipinski definition) is 4. The molecule has 0 atom stereocenters. The normalized spacial score (nSPS) is 15.1. The summed E-state index contributed by atoms with van der Waals surface area (Å²) in [7, 11) is 0. The lowest BCUT2D eigenvalue weighted by molar-refractivity contribution is -0.130. The van der Waals surface area contributed by atoms with Gasteiger partial charge in [0.25, 0.3) is 0 Å². The smallest absolute Gasteiger partial charge is 0.335 e. The molecular formula is C20H23N3O3. The van der Waals surface area contributed by atoms with Crippen molar-refractivity contribution in [3.63, 3.8) is 0 Å². The molecule has 26 heavy (non-hydrogen) atoms. The number of aromatic nitrogens is 2. The fraction of sp³-hybridized carbons (Fsp3) is 0.400. The zero-order valence-corrected chi connectivity index (χ0v) is 15.1. The molecule has 1 aliphatic rings. The second-order valence-corrected chi connectivity index (χ2v) is 6.85. The molecule has 1 aromatic carbocycles. The van der Waals surface area contributed by atoms with Crippen molar-refractivity contribution in [3.05, 3.63) is 47.4 Å². The van der Waals surface area contributed by atoms with E-state index in [0.29, 0.717) is 5.92 Å². The zero-order chi connectivity index (χ0) is 18.7. The van der Waals surface area contributed by atoms with Gasteiger partial charge in [-0.15, -0.1) is 0 Å². The maximum Gasteiger partial charge on any atom is 0.335 e. The Morgan fingerprint density at radius 3 is 2.58 bits per heavy atom. The van der Waals surface area contributed by atoms with Gasteiger partial charge in [-0.25, -0.2) is 14.8 Å². The first-order valence-corrected chi connectivity index (χ1v) is 8.86. The Balaban J connectivity index is 1.77. The second-order valence-electron chi connectivity index (χ2n) is 6.85. The van der Waals surface area contributed by atoms with Crippen molar-refractivity contribution in [2.75, 3.05) is 13.1 Å². The first-order valence-electron chi connectivity index (χ1n) is 8.86. The van der Waals surface area contributed by atoms with Gasteiger partial charge < -0.3 is 10.0 Å². The highest BCUT2D eigenvalue weighted by molar-refractivity contribution is 5.89. The topological polar surface area (TPSA) is 83.4 Å². The van der Waals surface area contributed by atoms with Gasteiger partial charge in [-0.2, -0.15) is 0 Å². The molecule has 1 fully saturated rings. The Hall–Kier alpha value is -2.76. The lowest BCUT2D eigenvalue weighted by Crippen LogP contribution is -2.37. The van der Waals surface area contributed by atoms with Crippen molar-refractivity contribution in [1.29, 1.82) is 0 Å². The van der Waals surface area contributed by atoms with Gasteiger partial charge in [0.1, 0.15) is 5.82 Å². The van der Waals surface area contributed by atoms with Gasteiger partial charge in [0.2, 0.25) is 5.91 Å². The number of piperidine rings is 1. The van der Waals surface area contributed by atoms with Gasteiger partial charge in [0, 0.05) is 37.7 Å². The molecule has 0 radical (unpaired) electrons. The van der Waals surface area contributed by atoms with Crippen LogP contribution in [-0.4, -0.2) is 44.9 Å². The number of carboxylic acids is 1. The number of amides is 1. The van der Waals surface area contributed by atoms with Crippen molar-refractivity contribution in [2.24, 2.45) is 5.92 Å². The number of nitrogens with zero attached hydrogens (tertiary/aromatic N) is 3. The molecule has 1 aliphatic heterocycles. The van der Waals surface area contributed by atoms with E-state index in [2.05, 4.69) is 9.97 Å². The molecule has 0 aliphatic carbocycles. The van der Waals surface area contributed by atoms with Crippen LogP contribution in [0.1, 0.15) is 41.6 Å². The number of benzene rings is 1. The van der Waals surface area contributed by atoms with E-state index in [4.69, 9.17) is 0 Å². The van der Waals surface area contributed by atoms with Crippen LogP contribution in [0, 0.1) is 12.8 Å². The van der Waals surface area contributed by atoms with Gasteiger partial charge >= 0.3 is 5.97 Å². The monoisotopic (exact) mass is 353 g/mol. The fourth-order valence-electron chi connectivity index (χ4n) is 3.39. The lowest BCUT2D eigenvalue weighted by atomic mass is 9.93.